The number of H-pyrrole nitrogens is 1. The van der Waals surface area contributed by atoms with Crippen molar-refractivity contribution in [1.82, 2.24) is 20.1 Å². The van der Waals surface area contributed by atoms with E-state index in [2.05, 4.69) is 15.2 Å². The van der Waals surface area contributed by atoms with Crippen molar-refractivity contribution < 1.29 is 9.18 Å². The first-order chi connectivity index (χ1) is 10.1. The van der Waals surface area contributed by atoms with Gasteiger partial charge in [0.15, 0.2) is 5.82 Å². The van der Waals surface area contributed by atoms with E-state index in [4.69, 9.17) is 0 Å². The molecular weight excluding hydrogens is 271 g/mol. The molecule has 0 spiro atoms. The molecule has 0 saturated carbocycles. The second-order valence-electron chi connectivity index (χ2n) is 5.30. The summed E-state index contributed by atoms with van der Waals surface area (Å²) in [6, 6.07) is 5.55. The van der Waals surface area contributed by atoms with Gasteiger partial charge in [0.05, 0.1) is 6.04 Å². The highest BCUT2D eigenvalue weighted by Gasteiger charge is 2.31. The fourth-order valence-electron chi connectivity index (χ4n) is 2.71. The molecule has 1 saturated heterocycles. The molecule has 0 bridgehead atoms. The lowest BCUT2D eigenvalue weighted by molar-refractivity contribution is 0.0600. The Morgan fingerprint density at radius 2 is 2.10 bits per heavy atom. The molecule has 1 atom stereocenters. The van der Waals surface area contributed by atoms with E-state index in [-0.39, 0.29) is 17.8 Å². The van der Waals surface area contributed by atoms with Crippen molar-refractivity contribution in [2.45, 2.75) is 32.2 Å². The van der Waals surface area contributed by atoms with Crippen LogP contribution in [0.25, 0.3) is 0 Å². The molecule has 1 aliphatic heterocycles. The Kier molecular flexibility index (Phi) is 3.68. The van der Waals surface area contributed by atoms with Crippen LogP contribution in [0.3, 0.4) is 0 Å². The number of nitrogens with zero attached hydrogens (tertiary/aromatic N) is 3. The third kappa shape index (κ3) is 2.79. The lowest BCUT2D eigenvalue weighted by Gasteiger charge is -2.34. The van der Waals surface area contributed by atoms with E-state index in [9.17, 15) is 9.18 Å². The van der Waals surface area contributed by atoms with Crippen LogP contribution >= 0.6 is 0 Å². The number of hydrogen-bond donors (Lipinski definition) is 1. The summed E-state index contributed by atoms with van der Waals surface area (Å²) in [7, 11) is 0. The second kappa shape index (κ2) is 5.63. The number of amides is 1. The summed E-state index contributed by atoms with van der Waals surface area (Å²) in [6.07, 6.45) is 2.86. The summed E-state index contributed by atoms with van der Waals surface area (Å²) in [5.41, 5.74) is 0.496. The number of aryl methyl sites for hydroxylation is 1. The van der Waals surface area contributed by atoms with Gasteiger partial charge in [0.2, 0.25) is 0 Å². The molecule has 1 amide bonds. The molecule has 0 aliphatic carbocycles. The van der Waals surface area contributed by atoms with Gasteiger partial charge in [-0.1, -0.05) is 0 Å². The molecule has 3 rings (SSSR count). The molecule has 1 aromatic carbocycles. The Hall–Kier alpha value is -2.24. The van der Waals surface area contributed by atoms with Crippen LogP contribution in [0.15, 0.2) is 24.3 Å². The van der Waals surface area contributed by atoms with Crippen LogP contribution in [0.5, 0.6) is 0 Å². The first kappa shape index (κ1) is 13.7. The average molecular weight is 288 g/mol. The maximum atomic E-state index is 13.0. The number of piperidine rings is 1. The molecule has 5 nitrogen and oxygen atoms in total. The molecular formula is C15H17FN4O. The first-order valence-corrected chi connectivity index (χ1v) is 7.10. The number of aromatic amines is 1. The highest BCUT2D eigenvalue weighted by molar-refractivity contribution is 5.94. The number of nitrogens with one attached hydrogen (secondary N) is 1. The minimum absolute atomic E-state index is 0.0952. The maximum absolute atomic E-state index is 13.0. The van der Waals surface area contributed by atoms with Crippen LogP contribution < -0.4 is 0 Å². The number of rotatable bonds is 2. The standard InChI is InChI=1S/C15H17FN4O/c1-10-17-14(19-18-10)13-4-2-3-9-20(13)15(21)11-5-7-12(16)8-6-11/h5-8,13H,2-4,9H2,1H3,(H,17,18,19). The lowest BCUT2D eigenvalue weighted by atomic mass is 10.00. The quantitative estimate of drug-likeness (QED) is 0.924. The van der Waals surface area contributed by atoms with Gasteiger partial charge >= 0.3 is 0 Å². The zero-order valence-electron chi connectivity index (χ0n) is 11.8. The number of halogens is 1. The molecule has 0 radical (unpaired) electrons. The Bertz CT molecular complexity index is 637. The van der Waals surface area contributed by atoms with Crippen molar-refractivity contribution in [3.05, 3.63) is 47.3 Å². The minimum Gasteiger partial charge on any atom is -0.328 e. The van der Waals surface area contributed by atoms with Gasteiger partial charge < -0.3 is 4.90 Å². The maximum Gasteiger partial charge on any atom is 0.254 e. The third-order valence-electron chi connectivity index (χ3n) is 3.77. The van der Waals surface area contributed by atoms with Gasteiger partial charge in [-0.25, -0.2) is 9.37 Å². The molecule has 21 heavy (non-hydrogen) atoms. The summed E-state index contributed by atoms with van der Waals surface area (Å²) in [6.45, 7) is 2.51. The predicted molar refractivity (Wildman–Crippen MR) is 75.1 cm³/mol. The van der Waals surface area contributed by atoms with Crippen LogP contribution in [-0.4, -0.2) is 32.5 Å². The fraction of sp³-hybridized carbons (Fsp3) is 0.400. The highest BCUT2D eigenvalue weighted by Crippen LogP contribution is 2.30. The van der Waals surface area contributed by atoms with Crippen molar-refractivity contribution in [3.8, 4) is 0 Å². The monoisotopic (exact) mass is 288 g/mol. The normalized spacial score (nSPS) is 18.8. The molecule has 1 fully saturated rings. The van der Waals surface area contributed by atoms with Crippen molar-refractivity contribution >= 4 is 5.91 Å². The van der Waals surface area contributed by atoms with Gasteiger partial charge in [-0.2, -0.15) is 5.10 Å². The third-order valence-corrected chi connectivity index (χ3v) is 3.77. The zero-order valence-corrected chi connectivity index (χ0v) is 11.8. The van der Waals surface area contributed by atoms with E-state index < -0.39 is 0 Å². The molecule has 2 aromatic rings. The van der Waals surface area contributed by atoms with E-state index in [1.807, 2.05) is 6.92 Å². The van der Waals surface area contributed by atoms with E-state index >= 15 is 0 Å². The van der Waals surface area contributed by atoms with E-state index in [1.165, 1.54) is 24.3 Å². The summed E-state index contributed by atoms with van der Waals surface area (Å²) in [5.74, 6) is 0.959. The number of hydrogen-bond acceptors (Lipinski definition) is 3. The van der Waals surface area contributed by atoms with Gasteiger partial charge in [-0.05, 0) is 50.5 Å². The largest absolute Gasteiger partial charge is 0.328 e. The van der Waals surface area contributed by atoms with E-state index in [0.29, 0.717) is 17.9 Å². The number of likely N-dealkylation sites (tertiary alicyclic amines) is 1. The molecule has 1 aliphatic rings. The Morgan fingerprint density at radius 3 is 2.76 bits per heavy atom. The summed E-state index contributed by atoms with van der Waals surface area (Å²) in [5, 5.41) is 7.01. The van der Waals surface area contributed by atoms with Crippen LogP contribution in [0.2, 0.25) is 0 Å². The topological polar surface area (TPSA) is 61.9 Å². The lowest BCUT2D eigenvalue weighted by Crippen LogP contribution is -2.39. The fourth-order valence-corrected chi connectivity index (χ4v) is 2.71. The number of carbonyl (C=O) groups excluding carboxylic acids is 1. The molecule has 110 valence electrons. The average Bonchev–Trinajstić information content (AvgIpc) is 2.94. The predicted octanol–water partition coefficient (Wildman–Crippen LogP) is 2.62. The van der Waals surface area contributed by atoms with Gasteiger partial charge in [0.1, 0.15) is 11.6 Å². The van der Waals surface area contributed by atoms with Crippen LogP contribution in [0.4, 0.5) is 4.39 Å². The van der Waals surface area contributed by atoms with Gasteiger partial charge in [-0.15, -0.1) is 0 Å². The molecule has 1 N–H and O–H groups in total. The van der Waals surface area contributed by atoms with Crippen molar-refractivity contribution in [3.63, 3.8) is 0 Å². The van der Waals surface area contributed by atoms with Crippen LogP contribution in [-0.2, 0) is 0 Å². The minimum atomic E-state index is -0.341. The molecule has 1 unspecified atom stereocenters. The first-order valence-electron chi connectivity index (χ1n) is 7.10. The number of carbonyl (C=O) groups is 1. The summed E-state index contributed by atoms with van der Waals surface area (Å²) in [4.78, 5) is 18.8. The Labute approximate surface area is 122 Å². The molecule has 2 heterocycles. The molecule has 1 aromatic heterocycles. The van der Waals surface area contributed by atoms with Crippen LogP contribution in [0.1, 0.15) is 47.3 Å². The SMILES string of the molecule is Cc1nc(C2CCCCN2C(=O)c2ccc(F)cc2)n[nH]1. The highest BCUT2D eigenvalue weighted by atomic mass is 19.1. The van der Waals surface area contributed by atoms with Gasteiger partial charge in [0, 0.05) is 12.1 Å². The summed E-state index contributed by atoms with van der Waals surface area (Å²) >= 11 is 0. The number of aromatic nitrogens is 3. The van der Waals surface area contributed by atoms with Crippen molar-refractivity contribution in [2.75, 3.05) is 6.54 Å². The van der Waals surface area contributed by atoms with E-state index in [1.54, 1.807) is 4.90 Å². The van der Waals surface area contributed by atoms with Crippen molar-refractivity contribution in [1.29, 1.82) is 0 Å². The van der Waals surface area contributed by atoms with Gasteiger partial charge in [0.25, 0.3) is 5.91 Å². The Balaban J connectivity index is 1.87. The van der Waals surface area contributed by atoms with Crippen LogP contribution in [0, 0.1) is 12.7 Å². The molecule has 6 heteroatoms. The smallest absolute Gasteiger partial charge is 0.254 e. The second-order valence-corrected chi connectivity index (χ2v) is 5.30. The summed E-state index contributed by atoms with van der Waals surface area (Å²) < 4.78 is 13.0. The van der Waals surface area contributed by atoms with Crippen molar-refractivity contribution in [2.24, 2.45) is 0 Å². The van der Waals surface area contributed by atoms with E-state index in [0.717, 1.165) is 25.1 Å². The van der Waals surface area contributed by atoms with Gasteiger partial charge in [-0.3, -0.25) is 9.89 Å². The number of benzene rings is 1. The zero-order chi connectivity index (χ0) is 14.8. The Morgan fingerprint density at radius 1 is 1.33 bits per heavy atom.